The number of aromatic amines is 1. The Balaban J connectivity index is 1.28. The minimum Gasteiger partial charge on any atom is -0.342 e. The molecule has 1 amide bonds. The van der Waals surface area contributed by atoms with Crippen LogP contribution in [0.1, 0.15) is 52.5 Å². The lowest BCUT2D eigenvalue weighted by Gasteiger charge is -2.31. The molecule has 1 N–H and O–H groups in total. The Hall–Kier alpha value is -2.62. The average Bonchev–Trinajstić information content (AvgIpc) is 3.33. The van der Waals surface area contributed by atoms with Crippen LogP contribution < -0.4 is 0 Å². The molecule has 0 spiro atoms. The van der Waals surface area contributed by atoms with E-state index in [1.807, 2.05) is 29.2 Å². The number of likely N-dealkylation sites (tertiary alicyclic amines) is 1. The van der Waals surface area contributed by atoms with Crippen molar-refractivity contribution in [2.45, 2.75) is 38.0 Å². The summed E-state index contributed by atoms with van der Waals surface area (Å²) in [6.45, 7) is 1.61. The van der Waals surface area contributed by atoms with Gasteiger partial charge in [0.05, 0.1) is 11.0 Å². The molecule has 4 heteroatoms. The van der Waals surface area contributed by atoms with Crippen LogP contribution in [0.4, 0.5) is 0 Å². The zero-order chi connectivity index (χ0) is 17.5. The maximum absolute atomic E-state index is 12.9. The van der Waals surface area contributed by atoms with Crippen LogP contribution in [-0.2, 0) is 12.8 Å². The Bertz CT molecular complexity index is 933. The van der Waals surface area contributed by atoms with E-state index < -0.39 is 0 Å². The number of carbonyl (C=O) groups is 1. The molecular weight excluding hydrogens is 322 g/mol. The summed E-state index contributed by atoms with van der Waals surface area (Å²) in [6, 6.07) is 14.4. The Morgan fingerprint density at radius 2 is 1.85 bits per heavy atom. The molecule has 3 aromatic rings. The minimum atomic E-state index is 0.183. The first-order chi connectivity index (χ1) is 12.8. The van der Waals surface area contributed by atoms with Crippen molar-refractivity contribution in [1.29, 1.82) is 0 Å². The van der Waals surface area contributed by atoms with E-state index in [9.17, 15) is 4.79 Å². The zero-order valence-corrected chi connectivity index (χ0v) is 14.9. The summed E-state index contributed by atoms with van der Waals surface area (Å²) < 4.78 is 0. The standard InChI is InChI=1S/C22H23N3O/c26-22(18-9-8-15-4-3-5-17(15)14-18)25-12-10-16(11-13-25)21-23-19-6-1-2-7-20(19)24-21/h1-2,6-9,14,16H,3-5,10-13H2,(H,23,24). The Kier molecular flexibility index (Phi) is 3.77. The van der Waals surface area contributed by atoms with E-state index in [2.05, 4.69) is 23.2 Å². The van der Waals surface area contributed by atoms with Crippen LogP contribution in [0, 0.1) is 0 Å². The highest BCUT2D eigenvalue weighted by molar-refractivity contribution is 5.94. The van der Waals surface area contributed by atoms with Gasteiger partial charge in [-0.05, 0) is 67.5 Å². The minimum absolute atomic E-state index is 0.183. The van der Waals surface area contributed by atoms with E-state index in [-0.39, 0.29) is 5.91 Å². The number of hydrogen-bond acceptors (Lipinski definition) is 2. The second kappa shape index (κ2) is 6.27. The molecule has 1 aliphatic heterocycles. The normalized spacial score (nSPS) is 17.6. The average molecular weight is 345 g/mol. The second-order valence-corrected chi connectivity index (χ2v) is 7.54. The van der Waals surface area contributed by atoms with Gasteiger partial charge in [-0.25, -0.2) is 4.98 Å². The van der Waals surface area contributed by atoms with Crippen LogP contribution in [0.3, 0.4) is 0 Å². The second-order valence-electron chi connectivity index (χ2n) is 7.54. The van der Waals surface area contributed by atoms with E-state index in [4.69, 9.17) is 4.98 Å². The Morgan fingerprint density at radius 3 is 2.69 bits per heavy atom. The van der Waals surface area contributed by atoms with Crippen molar-refractivity contribution in [3.05, 3.63) is 65.0 Å². The largest absolute Gasteiger partial charge is 0.342 e. The molecular formula is C22H23N3O. The third kappa shape index (κ3) is 2.70. The number of aromatic nitrogens is 2. The highest BCUT2D eigenvalue weighted by Gasteiger charge is 2.27. The monoisotopic (exact) mass is 345 g/mol. The van der Waals surface area contributed by atoms with Crippen molar-refractivity contribution < 1.29 is 4.79 Å². The number of para-hydroxylation sites is 2. The lowest BCUT2D eigenvalue weighted by molar-refractivity contribution is 0.0711. The van der Waals surface area contributed by atoms with Gasteiger partial charge >= 0.3 is 0 Å². The number of imidazole rings is 1. The summed E-state index contributed by atoms with van der Waals surface area (Å²) in [5.74, 6) is 1.66. The lowest BCUT2D eigenvalue weighted by Crippen LogP contribution is -2.38. The number of fused-ring (bicyclic) bond motifs is 2. The molecule has 2 heterocycles. The van der Waals surface area contributed by atoms with Crippen LogP contribution in [0.25, 0.3) is 11.0 Å². The van der Waals surface area contributed by atoms with Crippen LogP contribution in [0.2, 0.25) is 0 Å². The number of benzene rings is 2. The molecule has 0 bridgehead atoms. The number of piperidine rings is 1. The van der Waals surface area contributed by atoms with Gasteiger partial charge in [0.2, 0.25) is 0 Å². The quantitative estimate of drug-likeness (QED) is 0.761. The fourth-order valence-electron chi connectivity index (χ4n) is 4.41. The highest BCUT2D eigenvalue weighted by Crippen LogP contribution is 2.29. The van der Waals surface area contributed by atoms with Crippen LogP contribution in [0.5, 0.6) is 0 Å². The molecule has 26 heavy (non-hydrogen) atoms. The number of rotatable bonds is 2. The number of aryl methyl sites for hydroxylation is 2. The van der Waals surface area contributed by atoms with Gasteiger partial charge in [-0.2, -0.15) is 0 Å². The molecule has 1 aliphatic carbocycles. The lowest BCUT2D eigenvalue weighted by atomic mass is 9.95. The topological polar surface area (TPSA) is 49.0 Å². The van der Waals surface area contributed by atoms with Gasteiger partial charge in [0, 0.05) is 24.6 Å². The van der Waals surface area contributed by atoms with E-state index in [1.54, 1.807) is 0 Å². The van der Waals surface area contributed by atoms with Crippen molar-refractivity contribution >= 4 is 16.9 Å². The summed E-state index contributed by atoms with van der Waals surface area (Å²) in [5.41, 5.74) is 5.77. The van der Waals surface area contributed by atoms with Crippen LogP contribution in [0.15, 0.2) is 42.5 Å². The van der Waals surface area contributed by atoms with Gasteiger partial charge in [0.25, 0.3) is 5.91 Å². The van der Waals surface area contributed by atoms with E-state index >= 15 is 0 Å². The summed E-state index contributed by atoms with van der Waals surface area (Å²) >= 11 is 0. The molecule has 0 radical (unpaired) electrons. The fraction of sp³-hybridized carbons (Fsp3) is 0.364. The van der Waals surface area contributed by atoms with Gasteiger partial charge in [-0.1, -0.05) is 18.2 Å². The van der Waals surface area contributed by atoms with Crippen molar-refractivity contribution in [3.8, 4) is 0 Å². The SMILES string of the molecule is O=C(c1ccc2c(c1)CCC2)N1CCC(c2nc3ccccc3[nH]2)CC1. The highest BCUT2D eigenvalue weighted by atomic mass is 16.2. The van der Waals surface area contributed by atoms with E-state index in [0.29, 0.717) is 5.92 Å². The molecule has 0 saturated carbocycles. The van der Waals surface area contributed by atoms with Crippen LogP contribution >= 0.6 is 0 Å². The summed E-state index contributed by atoms with van der Waals surface area (Å²) in [7, 11) is 0. The summed E-state index contributed by atoms with van der Waals surface area (Å²) in [5, 5.41) is 0. The smallest absolute Gasteiger partial charge is 0.253 e. The molecule has 5 rings (SSSR count). The number of hydrogen-bond donors (Lipinski definition) is 1. The van der Waals surface area contributed by atoms with Crippen molar-refractivity contribution in [2.75, 3.05) is 13.1 Å². The predicted molar refractivity (Wildman–Crippen MR) is 102 cm³/mol. The predicted octanol–water partition coefficient (Wildman–Crippen LogP) is 4.07. The van der Waals surface area contributed by atoms with Gasteiger partial charge in [-0.3, -0.25) is 4.79 Å². The number of amides is 1. The van der Waals surface area contributed by atoms with Gasteiger partial charge in [-0.15, -0.1) is 0 Å². The number of nitrogens with one attached hydrogen (secondary N) is 1. The first kappa shape index (κ1) is 15.6. The van der Waals surface area contributed by atoms with Gasteiger partial charge < -0.3 is 9.88 Å². The summed E-state index contributed by atoms with van der Waals surface area (Å²) in [4.78, 5) is 23.1. The molecule has 4 nitrogen and oxygen atoms in total. The molecule has 1 fully saturated rings. The number of H-pyrrole nitrogens is 1. The molecule has 2 aliphatic rings. The summed E-state index contributed by atoms with van der Waals surface area (Å²) in [6.07, 6.45) is 5.43. The molecule has 0 atom stereocenters. The Labute approximate surface area is 153 Å². The molecule has 132 valence electrons. The fourth-order valence-corrected chi connectivity index (χ4v) is 4.41. The van der Waals surface area contributed by atoms with E-state index in [1.165, 1.54) is 17.5 Å². The molecule has 0 unspecified atom stereocenters. The van der Waals surface area contributed by atoms with E-state index in [0.717, 1.165) is 61.2 Å². The van der Waals surface area contributed by atoms with Crippen molar-refractivity contribution in [3.63, 3.8) is 0 Å². The zero-order valence-electron chi connectivity index (χ0n) is 14.9. The molecule has 2 aromatic carbocycles. The number of carbonyl (C=O) groups excluding carboxylic acids is 1. The van der Waals surface area contributed by atoms with Crippen molar-refractivity contribution in [2.24, 2.45) is 0 Å². The number of nitrogens with zero attached hydrogens (tertiary/aromatic N) is 2. The third-order valence-electron chi connectivity index (χ3n) is 5.92. The first-order valence-corrected chi connectivity index (χ1v) is 9.64. The van der Waals surface area contributed by atoms with Gasteiger partial charge in [0.15, 0.2) is 0 Å². The molecule has 1 aromatic heterocycles. The Morgan fingerprint density at radius 1 is 1.04 bits per heavy atom. The van der Waals surface area contributed by atoms with Crippen molar-refractivity contribution in [1.82, 2.24) is 14.9 Å². The maximum Gasteiger partial charge on any atom is 0.253 e. The third-order valence-corrected chi connectivity index (χ3v) is 5.92. The maximum atomic E-state index is 12.9. The first-order valence-electron chi connectivity index (χ1n) is 9.64. The van der Waals surface area contributed by atoms with Gasteiger partial charge in [0.1, 0.15) is 5.82 Å². The molecule has 1 saturated heterocycles. The van der Waals surface area contributed by atoms with Crippen LogP contribution in [-0.4, -0.2) is 33.9 Å².